The van der Waals surface area contributed by atoms with Gasteiger partial charge in [0.2, 0.25) is 0 Å². The highest BCUT2D eigenvalue weighted by Crippen LogP contribution is 2.16. The summed E-state index contributed by atoms with van der Waals surface area (Å²) in [6.07, 6.45) is 5.38. The van der Waals surface area contributed by atoms with Crippen LogP contribution in [0.2, 0.25) is 0 Å². The fourth-order valence-corrected chi connectivity index (χ4v) is 1.63. The molecule has 1 aliphatic rings. The molecule has 0 aliphatic heterocycles. The number of aliphatic hydroxyl groups is 1. The Hall–Kier alpha value is -0.120. The molecule has 0 amide bonds. The Kier molecular flexibility index (Phi) is 5.32. The van der Waals surface area contributed by atoms with Crippen molar-refractivity contribution < 1.29 is 9.84 Å². The Labute approximate surface area is 74.1 Å². The maximum absolute atomic E-state index is 8.43. The molecule has 72 valence electrons. The normalized spacial score (nSPS) is 18.8. The van der Waals surface area contributed by atoms with E-state index in [2.05, 4.69) is 5.32 Å². The van der Waals surface area contributed by atoms with E-state index < -0.39 is 0 Å². The molecule has 0 radical (unpaired) electrons. The van der Waals surface area contributed by atoms with Gasteiger partial charge in [-0.3, -0.25) is 0 Å². The standard InChI is InChI=1S/C9H19NO2/c11-6-8-12-7-5-10-9-3-1-2-4-9/h9-11H,1-8H2. The maximum Gasteiger partial charge on any atom is 0.0698 e. The second-order valence-electron chi connectivity index (χ2n) is 3.27. The second kappa shape index (κ2) is 6.40. The predicted octanol–water partition coefficient (Wildman–Crippen LogP) is 0.527. The fraction of sp³-hybridized carbons (Fsp3) is 1.00. The first kappa shape index (κ1) is 9.96. The van der Waals surface area contributed by atoms with Gasteiger partial charge in [-0.15, -0.1) is 0 Å². The lowest BCUT2D eigenvalue weighted by Gasteiger charge is -2.11. The van der Waals surface area contributed by atoms with Crippen LogP contribution >= 0.6 is 0 Å². The van der Waals surface area contributed by atoms with Gasteiger partial charge in [-0.05, 0) is 12.8 Å². The number of ether oxygens (including phenoxy) is 1. The van der Waals surface area contributed by atoms with Crippen molar-refractivity contribution >= 4 is 0 Å². The number of hydrogen-bond acceptors (Lipinski definition) is 3. The Bertz CT molecular complexity index is 103. The highest BCUT2D eigenvalue weighted by Gasteiger charge is 2.12. The molecule has 0 atom stereocenters. The average Bonchev–Trinajstić information content (AvgIpc) is 2.57. The van der Waals surface area contributed by atoms with Gasteiger partial charge >= 0.3 is 0 Å². The molecule has 1 saturated carbocycles. The first-order valence-corrected chi connectivity index (χ1v) is 4.85. The maximum atomic E-state index is 8.43. The van der Waals surface area contributed by atoms with Gasteiger partial charge in [-0.2, -0.15) is 0 Å². The van der Waals surface area contributed by atoms with E-state index >= 15 is 0 Å². The summed E-state index contributed by atoms with van der Waals surface area (Å²) in [6, 6.07) is 0.725. The molecule has 1 rings (SSSR count). The largest absolute Gasteiger partial charge is 0.394 e. The van der Waals surface area contributed by atoms with Gasteiger partial charge in [0.1, 0.15) is 0 Å². The third-order valence-electron chi connectivity index (χ3n) is 2.27. The van der Waals surface area contributed by atoms with Gasteiger partial charge in [-0.25, -0.2) is 0 Å². The van der Waals surface area contributed by atoms with Crippen LogP contribution in [-0.4, -0.2) is 37.5 Å². The zero-order valence-corrected chi connectivity index (χ0v) is 7.59. The molecule has 0 spiro atoms. The molecule has 0 bridgehead atoms. The molecule has 3 nitrogen and oxygen atoms in total. The number of hydrogen-bond donors (Lipinski definition) is 2. The zero-order chi connectivity index (χ0) is 8.65. The van der Waals surface area contributed by atoms with Gasteiger partial charge in [0.05, 0.1) is 19.8 Å². The van der Waals surface area contributed by atoms with Gasteiger partial charge in [0.15, 0.2) is 0 Å². The Morgan fingerprint density at radius 3 is 2.67 bits per heavy atom. The molecule has 1 aliphatic carbocycles. The van der Waals surface area contributed by atoms with Crippen LogP contribution < -0.4 is 5.32 Å². The van der Waals surface area contributed by atoms with E-state index in [0.717, 1.165) is 19.2 Å². The minimum absolute atomic E-state index is 0.128. The van der Waals surface area contributed by atoms with E-state index in [-0.39, 0.29) is 6.61 Å². The first-order chi connectivity index (χ1) is 5.93. The molecule has 12 heavy (non-hydrogen) atoms. The van der Waals surface area contributed by atoms with Crippen LogP contribution in [0.4, 0.5) is 0 Å². The van der Waals surface area contributed by atoms with Crippen LogP contribution in [0.25, 0.3) is 0 Å². The summed E-state index contributed by atoms with van der Waals surface area (Å²) in [5.41, 5.74) is 0. The minimum atomic E-state index is 0.128. The lowest BCUT2D eigenvalue weighted by molar-refractivity contribution is 0.0927. The molecule has 0 aromatic rings. The van der Waals surface area contributed by atoms with Crippen LogP contribution in [0.15, 0.2) is 0 Å². The summed E-state index contributed by atoms with van der Waals surface area (Å²) in [4.78, 5) is 0. The Morgan fingerprint density at radius 1 is 1.25 bits per heavy atom. The van der Waals surface area contributed by atoms with Crippen LogP contribution in [-0.2, 0) is 4.74 Å². The fourth-order valence-electron chi connectivity index (χ4n) is 1.63. The summed E-state index contributed by atoms with van der Waals surface area (Å²) < 4.78 is 5.13. The van der Waals surface area contributed by atoms with Crippen molar-refractivity contribution in [3.63, 3.8) is 0 Å². The molecule has 0 heterocycles. The topological polar surface area (TPSA) is 41.5 Å². The van der Waals surface area contributed by atoms with Crippen molar-refractivity contribution in [3.8, 4) is 0 Å². The molecule has 0 aromatic heterocycles. The van der Waals surface area contributed by atoms with Gasteiger partial charge in [-0.1, -0.05) is 12.8 Å². The predicted molar refractivity (Wildman–Crippen MR) is 48.2 cm³/mol. The van der Waals surface area contributed by atoms with E-state index in [9.17, 15) is 0 Å². The number of nitrogens with one attached hydrogen (secondary N) is 1. The smallest absolute Gasteiger partial charge is 0.0698 e. The molecule has 3 heteroatoms. The quantitative estimate of drug-likeness (QED) is 0.576. The molecule has 2 N–H and O–H groups in total. The summed E-state index contributed by atoms with van der Waals surface area (Å²) in [5.74, 6) is 0. The van der Waals surface area contributed by atoms with E-state index in [0.29, 0.717) is 6.61 Å². The summed E-state index contributed by atoms with van der Waals surface area (Å²) in [6.45, 7) is 2.23. The lowest BCUT2D eigenvalue weighted by Crippen LogP contribution is -2.29. The molecular formula is C9H19NO2. The summed E-state index contributed by atoms with van der Waals surface area (Å²) in [5, 5.41) is 11.9. The summed E-state index contributed by atoms with van der Waals surface area (Å²) in [7, 11) is 0. The van der Waals surface area contributed by atoms with E-state index in [4.69, 9.17) is 9.84 Å². The lowest BCUT2D eigenvalue weighted by atomic mass is 10.2. The van der Waals surface area contributed by atoms with Crippen LogP contribution in [0.5, 0.6) is 0 Å². The Morgan fingerprint density at radius 2 is 2.00 bits per heavy atom. The van der Waals surface area contributed by atoms with Gasteiger partial charge < -0.3 is 15.2 Å². The first-order valence-electron chi connectivity index (χ1n) is 4.85. The van der Waals surface area contributed by atoms with Gasteiger partial charge in [0.25, 0.3) is 0 Å². The van der Waals surface area contributed by atoms with Crippen LogP contribution in [0.1, 0.15) is 25.7 Å². The van der Waals surface area contributed by atoms with Crippen molar-refractivity contribution in [2.24, 2.45) is 0 Å². The van der Waals surface area contributed by atoms with Crippen molar-refractivity contribution in [1.29, 1.82) is 0 Å². The molecular weight excluding hydrogens is 154 g/mol. The van der Waals surface area contributed by atoms with Crippen molar-refractivity contribution in [2.75, 3.05) is 26.4 Å². The monoisotopic (exact) mass is 173 g/mol. The third-order valence-corrected chi connectivity index (χ3v) is 2.27. The van der Waals surface area contributed by atoms with E-state index in [1.54, 1.807) is 0 Å². The zero-order valence-electron chi connectivity index (χ0n) is 7.59. The highest BCUT2D eigenvalue weighted by molar-refractivity contribution is 4.72. The minimum Gasteiger partial charge on any atom is -0.394 e. The van der Waals surface area contributed by atoms with Crippen molar-refractivity contribution in [1.82, 2.24) is 5.32 Å². The highest BCUT2D eigenvalue weighted by atomic mass is 16.5. The molecule has 0 saturated heterocycles. The van der Waals surface area contributed by atoms with E-state index in [1.165, 1.54) is 25.7 Å². The summed E-state index contributed by atoms with van der Waals surface area (Å²) >= 11 is 0. The number of aliphatic hydroxyl groups excluding tert-OH is 1. The second-order valence-corrected chi connectivity index (χ2v) is 3.27. The van der Waals surface area contributed by atoms with Crippen LogP contribution in [0.3, 0.4) is 0 Å². The SMILES string of the molecule is OCCOCCNC1CCCC1. The van der Waals surface area contributed by atoms with E-state index in [1.807, 2.05) is 0 Å². The third kappa shape index (κ3) is 4.04. The molecule has 1 fully saturated rings. The molecule has 0 aromatic carbocycles. The average molecular weight is 173 g/mol. The van der Waals surface area contributed by atoms with Crippen molar-refractivity contribution in [3.05, 3.63) is 0 Å². The van der Waals surface area contributed by atoms with Gasteiger partial charge in [0, 0.05) is 12.6 Å². The van der Waals surface area contributed by atoms with Crippen molar-refractivity contribution in [2.45, 2.75) is 31.7 Å². The number of rotatable bonds is 6. The molecule has 0 unspecified atom stereocenters. The van der Waals surface area contributed by atoms with Crippen LogP contribution in [0, 0.1) is 0 Å². The Balaban J connectivity index is 1.81.